The minimum absolute atomic E-state index is 0.133. The van der Waals surface area contributed by atoms with Crippen molar-refractivity contribution < 1.29 is 17.6 Å². The Morgan fingerprint density at radius 2 is 1.92 bits per heavy atom. The maximum atomic E-state index is 13.1. The number of benzene rings is 1. The lowest BCUT2D eigenvalue weighted by molar-refractivity contribution is -0.0671. The van der Waals surface area contributed by atoms with Crippen LogP contribution in [0.5, 0.6) is 0 Å². The van der Waals surface area contributed by atoms with Crippen LogP contribution in [0.3, 0.4) is 0 Å². The third-order valence-corrected chi connectivity index (χ3v) is 6.96. The van der Waals surface area contributed by atoms with E-state index in [2.05, 4.69) is 27.1 Å². The normalized spacial score (nSPS) is 14.5. The standard InChI is InChI=1S/C24H23F3N8OS/c1-2-6-15-12-16-20(34-9-10-35(17(28)13-34)23(29)24(25,26)27)30-19(31-22(16)37-15)21-33-32-18(36-21)11-14-7-4-3-5-8-14/h3-5,7-8,12,28-29H,2,6,9-11,13H2,1H3. The number of aryl methyl sites for hydroxylation is 1. The molecule has 0 bridgehead atoms. The molecule has 0 saturated carbocycles. The Kier molecular flexibility index (Phi) is 6.63. The van der Waals surface area contributed by atoms with Crippen LogP contribution in [0, 0.1) is 10.8 Å². The molecule has 0 radical (unpaired) electrons. The zero-order valence-electron chi connectivity index (χ0n) is 19.8. The molecule has 1 aliphatic heterocycles. The number of nitrogens with zero attached hydrogens (tertiary/aromatic N) is 6. The number of thiophene rings is 1. The third kappa shape index (κ3) is 5.17. The average molecular weight is 529 g/mol. The lowest BCUT2D eigenvalue weighted by Crippen LogP contribution is -2.55. The van der Waals surface area contributed by atoms with E-state index < -0.39 is 12.0 Å². The highest BCUT2D eigenvalue weighted by atomic mass is 32.1. The van der Waals surface area contributed by atoms with Crippen molar-refractivity contribution in [2.45, 2.75) is 32.4 Å². The highest BCUT2D eigenvalue weighted by molar-refractivity contribution is 7.18. The number of piperazine rings is 1. The van der Waals surface area contributed by atoms with Crippen LogP contribution >= 0.6 is 11.3 Å². The van der Waals surface area contributed by atoms with Crippen molar-refractivity contribution in [2.24, 2.45) is 0 Å². The molecule has 0 unspecified atom stereocenters. The Morgan fingerprint density at radius 1 is 1.14 bits per heavy atom. The summed E-state index contributed by atoms with van der Waals surface area (Å²) in [5.41, 5.74) is 1.01. The maximum Gasteiger partial charge on any atom is 0.449 e. The van der Waals surface area contributed by atoms with Crippen molar-refractivity contribution in [3.8, 4) is 11.7 Å². The van der Waals surface area contributed by atoms with Crippen molar-refractivity contribution in [2.75, 3.05) is 24.5 Å². The first kappa shape index (κ1) is 24.8. The van der Waals surface area contributed by atoms with Crippen LogP contribution in [0.15, 0.2) is 40.8 Å². The van der Waals surface area contributed by atoms with Crippen LogP contribution in [0.25, 0.3) is 21.9 Å². The van der Waals surface area contributed by atoms with E-state index in [1.165, 1.54) is 11.3 Å². The summed E-state index contributed by atoms with van der Waals surface area (Å²) in [5, 5.41) is 24.7. The molecule has 2 N–H and O–H groups in total. The van der Waals surface area contributed by atoms with Crippen LogP contribution in [0.1, 0.15) is 29.7 Å². The zero-order valence-corrected chi connectivity index (χ0v) is 20.7. The van der Waals surface area contributed by atoms with Crippen molar-refractivity contribution >= 4 is 39.0 Å². The third-order valence-electron chi connectivity index (χ3n) is 5.87. The molecule has 3 aromatic heterocycles. The molecule has 9 nitrogen and oxygen atoms in total. The molecule has 1 fully saturated rings. The quantitative estimate of drug-likeness (QED) is 0.269. The number of halogens is 3. The second-order valence-corrected chi connectivity index (χ2v) is 9.70. The number of aromatic nitrogens is 4. The van der Waals surface area contributed by atoms with Crippen LogP contribution in [0.4, 0.5) is 19.0 Å². The summed E-state index contributed by atoms with van der Waals surface area (Å²) >= 11 is 1.51. The van der Waals surface area contributed by atoms with E-state index in [1.54, 1.807) is 4.90 Å². The average Bonchev–Trinajstić information content (AvgIpc) is 3.50. The first-order valence-electron chi connectivity index (χ1n) is 11.7. The van der Waals surface area contributed by atoms with E-state index >= 15 is 0 Å². The molecule has 37 heavy (non-hydrogen) atoms. The van der Waals surface area contributed by atoms with Gasteiger partial charge in [0.1, 0.15) is 16.5 Å². The summed E-state index contributed by atoms with van der Waals surface area (Å²) in [7, 11) is 0. The lowest BCUT2D eigenvalue weighted by Gasteiger charge is -2.37. The van der Waals surface area contributed by atoms with E-state index in [9.17, 15) is 13.2 Å². The summed E-state index contributed by atoms with van der Waals surface area (Å²) in [5.74, 6) is -0.602. The van der Waals surface area contributed by atoms with Gasteiger partial charge in [0.25, 0.3) is 5.89 Å². The monoisotopic (exact) mass is 528 g/mol. The number of hydrogen-bond acceptors (Lipinski definition) is 9. The van der Waals surface area contributed by atoms with Gasteiger partial charge in [-0.05, 0) is 18.1 Å². The zero-order chi connectivity index (χ0) is 26.2. The molecular weight excluding hydrogens is 505 g/mol. The van der Waals surface area contributed by atoms with E-state index in [4.69, 9.17) is 15.2 Å². The van der Waals surface area contributed by atoms with Gasteiger partial charge in [-0.15, -0.1) is 21.5 Å². The van der Waals surface area contributed by atoms with Gasteiger partial charge in [0.05, 0.1) is 18.4 Å². The summed E-state index contributed by atoms with van der Waals surface area (Å²) in [6.07, 6.45) is -2.57. The fraction of sp³-hybridized carbons (Fsp3) is 0.333. The first-order valence-corrected chi connectivity index (χ1v) is 12.5. The Hall–Kier alpha value is -3.87. The fourth-order valence-electron chi connectivity index (χ4n) is 4.13. The summed E-state index contributed by atoms with van der Waals surface area (Å²) in [4.78, 5) is 13.6. The van der Waals surface area contributed by atoms with Crippen molar-refractivity contribution in [3.63, 3.8) is 0 Å². The maximum absolute atomic E-state index is 13.1. The second kappa shape index (κ2) is 9.88. The minimum atomic E-state index is -4.82. The number of rotatable bonds is 6. The van der Waals surface area contributed by atoms with Gasteiger partial charge in [-0.3, -0.25) is 10.8 Å². The molecule has 1 aliphatic rings. The van der Waals surface area contributed by atoms with Crippen LogP contribution in [-0.4, -0.2) is 62.5 Å². The van der Waals surface area contributed by atoms with Gasteiger partial charge in [0, 0.05) is 18.0 Å². The molecule has 1 aromatic carbocycles. The number of anilines is 1. The fourth-order valence-corrected chi connectivity index (χ4v) is 5.25. The first-order chi connectivity index (χ1) is 17.7. The molecule has 4 aromatic rings. The van der Waals surface area contributed by atoms with E-state index in [1.807, 2.05) is 36.4 Å². The molecule has 0 spiro atoms. The molecule has 1 saturated heterocycles. The Labute approximate surface area is 214 Å². The van der Waals surface area contributed by atoms with Gasteiger partial charge in [-0.2, -0.15) is 13.2 Å². The number of amidine groups is 2. The van der Waals surface area contributed by atoms with Crippen molar-refractivity contribution in [1.82, 2.24) is 25.1 Å². The molecule has 0 amide bonds. The molecule has 192 valence electrons. The molecule has 13 heteroatoms. The smallest absolute Gasteiger partial charge is 0.418 e. The summed E-state index contributed by atoms with van der Waals surface area (Å²) < 4.78 is 45.1. The SMILES string of the molecule is CCCc1cc2c(N3CCN(C(=N)C(F)(F)F)C(=N)C3)nc(-c3nnc(Cc4ccccc4)o3)nc2s1. The van der Waals surface area contributed by atoms with Crippen LogP contribution in [-0.2, 0) is 12.8 Å². The van der Waals surface area contributed by atoms with Gasteiger partial charge in [0.15, 0.2) is 0 Å². The highest BCUT2D eigenvalue weighted by Gasteiger charge is 2.41. The second-order valence-electron chi connectivity index (χ2n) is 8.58. The van der Waals surface area contributed by atoms with Crippen LogP contribution < -0.4 is 4.90 Å². The largest absolute Gasteiger partial charge is 0.449 e. The molecular formula is C24H23F3N8OS. The Morgan fingerprint density at radius 3 is 2.62 bits per heavy atom. The minimum Gasteiger partial charge on any atom is -0.418 e. The lowest BCUT2D eigenvalue weighted by atomic mass is 10.2. The van der Waals surface area contributed by atoms with Crippen molar-refractivity contribution in [3.05, 3.63) is 52.7 Å². The number of fused-ring (bicyclic) bond motifs is 1. The van der Waals surface area contributed by atoms with E-state index in [0.717, 1.165) is 28.7 Å². The van der Waals surface area contributed by atoms with E-state index in [-0.39, 0.29) is 37.2 Å². The number of hydrogen-bond donors (Lipinski definition) is 2. The molecule has 5 rings (SSSR count). The molecule has 0 aliphatic carbocycles. The topological polar surface area (TPSA) is 119 Å². The van der Waals surface area contributed by atoms with Crippen molar-refractivity contribution in [1.29, 1.82) is 10.8 Å². The van der Waals surface area contributed by atoms with Gasteiger partial charge >= 0.3 is 6.18 Å². The Balaban J connectivity index is 1.48. The van der Waals surface area contributed by atoms with Gasteiger partial charge in [-0.25, -0.2) is 9.97 Å². The van der Waals surface area contributed by atoms with Gasteiger partial charge in [-0.1, -0.05) is 43.7 Å². The predicted molar refractivity (Wildman–Crippen MR) is 134 cm³/mol. The molecule has 0 atom stereocenters. The van der Waals surface area contributed by atoms with Crippen LogP contribution in [0.2, 0.25) is 0 Å². The Bertz CT molecular complexity index is 1450. The number of nitrogens with one attached hydrogen (secondary N) is 2. The van der Waals surface area contributed by atoms with Gasteiger partial charge in [0.2, 0.25) is 17.6 Å². The van der Waals surface area contributed by atoms with Gasteiger partial charge < -0.3 is 14.2 Å². The number of alkyl halides is 3. The predicted octanol–water partition coefficient (Wildman–Crippen LogP) is 4.92. The van der Waals surface area contributed by atoms with E-state index in [0.29, 0.717) is 27.9 Å². The summed E-state index contributed by atoms with van der Waals surface area (Å²) in [6.45, 7) is 1.93. The molecule has 4 heterocycles. The highest BCUT2D eigenvalue weighted by Crippen LogP contribution is 2.34. The summed E-state index contributed by atoms with van der Waals surface area (Å²) in [6, 6.07) is 11.7.